The summed E-state index contributed by atoms with van der Waals surface area (Å²) in [5.41, 5.74) is 1.93. The number of aromatic nitrogens is 3. The molecule has 0 aliphatic heterocycles. The minimum absolute atomic E-state index is 0.282. The second-order valence-electron chi connectivity index (χ2n) is 5.75. The molecule has 2 heterocycles. The molecule has 1 aliphatic rings. The Kier molecular flexibility index (Phi) is 3.14. The van der Waals surface area contributed by atoms with Crippen molar-refractivity contribution in [2.45, 2.75) is 31.9 Å². The smallest absolute Gasteiger partial charge is 0.233 e. The van der Waals surface area contributed by atoms with Gasteiger partial charge in [0.25, 0.3) is 0 Å². The van der Waals surface area contributed by atoms with Gasteiger partial charge in [0.05, 0.1) is 6.20 Å². The molecule has 0 amide bonds. The van der Waals surface area contributed by atoms with Gasteiger partial charge in [0.15, 0.2) is 11.3 Å². The molecule has 0 bridgehead atoms. The molecule has 4 rings (SSSR count). The molecule has 6 heteroatoms. The number of rotatable bonds is 1. The molecule has 23 heavy (non-hydrogen) atoms. The highest BCUT2D eigenvalue weighted by Gasteiger charge is 2.39. The SMILES string of the molecule is FC(F)(F)c1c2c(nc3c(-c4ccccc4)cnn13)CCCC2. The second-order valence-corrected chi connectivity index (χ2v) is 5.75. The summed E-state index contributed by atoms with van der Waals surface area (Å²) in [7, 11) is 0. The predicted octanol–water partition coefficient (Wildman–Crippen LogP) is 4.29. The van der Waals surface area contributed by atoms with Crippen LogP contribution in [0.15, 0.2) is 36.5 Å². The summed E-state index contributed by atoms with van der Waals surface area (Å²) in [6.07, 6.45) is -0.332. The summed E-state index contributed by atoms with van der Waals surface area (Å²) in [5.74, 6) is 0. The summed E-state index contributed by atoms with van der Waals surface area (Å²) in [6, 6.07) is 9.27. The molecule has 0 saturated carbocycles. The van der Waals surface area contributed by atoms with E-state index in [-0.39, 0.29) is 5.65 Å². The number of halogens is 3. The van der Waals surface area contributed by atoms with Gasteiger partial charge in [-0.25, -0.2) is 9.50 Å². The number of benzene rings is 1. The van der Waals surface area contributed by atoms with Crippen LogP contribution in [0.1, 0.15) is 29.8 Å². The van der Waals surface area contributed by atoms with Gasteiger partial charge in [-0.1, -0.05) is 30.3 Å². The molecule has 0 atom stereocenters. The van der Waals surface area contributed by atoms with E-state index < -0.39 is 11.9 Å². The number of aryl methyl sites for hydroxylation is 1. The Morgan fingerprint density at radius 3 is 2.48 bits per heavy atom. The van der Waals surface area contributed by atoms with E-state index in [0.29, 0.717) is 29.7 Å². The molecule has 118 valence electrons. The molecular weight excluding hydrogens is 303 g/mol. The largest absolute Gasteiger partial charge is 0.433 e. The average molecular weight is 317 g/mol. The van der Waals surface area contributed by atoms with E-state index in [1.807, 2.05) is 30.3 Å². The van der Waals surface area contributed by atoms with Crippen molar-refractivity contribution in [1.82, 2.24) is 14.6 Å². The fourth-order valence-electron chi connectivity index (χ4n) is 3.25. The van der Waals surface area contributed by atoms with Crippen LogP contribution in [0.2, 0.25) is 0 Å². The van der Waals surface area contributed by atoms with Gasteiger partial charge >= 0.3 is 6.18 Å². The predicted molar refractivity (Wildman–Crippen MR) is 80.1 cm³/mol. The molecule has 1 aliphatic carbocycles. The van der Waals surface area contributed by atoms with E-state index in [9.17, 15) is 13.2 Å². The Bertz CT molecular complexity index is 866. The summed E-state index contributed by atoms with van der Waals surface area (Å²) >= 11 is 0. The second kappa shape index (κ2) is 5.08. The van der Waals surface area contributed by atoms with Crippen LogP contribution in [0.3, 0.4) is 0 Å². The molecule has 0 fully saturated rings. The van der Waals surface area contributed by atoms with Crippen molar-refractivity contribution < 1.29 is 13.2 Å². The lowest BCUT2D eigenvalue weighted by Gasteiger charge is -2.21. The van der Waals surface area contributed by atoms with Crippen LogP contribution < -0.4 is 0 Å². The van der Waals surface area contributed by atoms with Gasteiger partial charge in [0.1, 0.15) is 0 Å². The maximum absolute atomic E-state index is 13.6. The normalized spacial score (nSPS) is 14.9. The molecule has 0 N–H and O–H groups in total. The van der Waals surface area contributed by atoms with E-state index in [1.54, 1.807) is 0 Å². The average Bonchev–Trinajstić information content (AvgIpc) is 2.95. The number of hydrogen-bond donors (Lipinski definition) is 0. The Hall–Kier alpha value is -2.37. The molecule has 1 aromatic carbocycles. The van der Waals surface area contributed by atoms with Gasteiger partial charge in [0, 0.05) is 16.8 Å². The molecule has 3 aromatic rings. The van der Waals surface area contributed by atoms with Crippen LogP contribution in [0.4, 0.5) is 13.2 Å². The number of alkyl halides is 3. The first-order valence-corrected chi connectivity index (χ1v) is 7.58. The zero-order valence-corrected chi connectivity index (χ0v) is 12.3. The zero-order valence-electron chi connectivity index (χ0n) is 12.3. The molecular formula is C17H14F3N3. The fourth-order valence-corrected chi connectivity index (χ4v) is 3.25. The first-order valence-electron chi connectivity index (χ1n) is 7.58. The minimum Gasteiger partial charge on any atom is -0.233 e. The van der Waals surface area contributed by atoms with E-state index in [2.05, 4.69) is 10.1 Å². The Morgan fingerprint density at radius 1 is 1.00 bits per heavy atom. The summed E-state index contributed by atoms with van der Waals surface area (Å²) in [4.78, 5) is 4.53. The molecule has 0 spiro atoms. The highest BCUT2D eigenvalue weighted by atomic mass is 19.4. The number of hydrogen-bond acceptors (Lipinski definition) is 2. The first kappa shape index (κ1) is 14.2. The topological polar surface area (TPSA) is 30.2 Å². The Morgan fingerprint density at radius 2 is 1.74 bits per heavy atom. The van der Waals surface area contributed by atoms with Crippen molar-refractivity contribution in [3.63, 3.8) is 0 Å². The third-order valence-corrected chi connectivity index (χ3v) is 4.27. The monoisotopic (exact) mass is 317 g/mol. The van der Waals surface area contributed by atoms with Gasteiger partial charge in [-0.3, -0.25) is 0 Å². The highest BCUT2D eigenvalue weighted by Crippen LogP contribution is 2.37. The van der Waals surface area contributed by atoms with Crippen LogP contribution in [0, 0.1) is 0 Å². The Labute approximate surface area is 130 Å². The first-order chi connectivity index (χ1) is 11.1. The van der Waals surface area contributed by atoms with Crippen molar-refractivity contribution >= 4 is 5.65 Å². The van der Waals surface area contributed by atoms with Crippen molar-refractivity contribution in [3.8, 4) is 11.1 Å². The van der Waals surface area contributed by atoms with Gasteiger partial charge < -0.3 is 0 Å². The summed E-state index contributed by atoms with van der Waals surface area (Å²) < 4.78 is 41.9. The van der Waals surface area contributed by atoms with Crippen LogP contribution in [-0.2, 0) is 19.0 Å². The van der Waals surface area contributed by atoms with E-state index in [0.717, 1.165) is 22.9 Å². The standard InChI is InChI=1S/C17H14F3N3/c18-17(19,20)15-12-8-4-5-9-14(12)22-16-13(10-21-23(15)16)11-6-2-1-3-7-11/h1-3,6-7,10H,4-5,8-9H2. The molecule has 3 nitrogen and oxygen atoms in total. The highest BCUT2D eigenvalue weighted by molar-refractivity contribution is 5.77. The van der Waals surface area contributed by atoms with Crippen LogP contribution in [-0.4, -0.2) is 14.6 Å². The molecule has 0 saturated heterocycles. The number of fused-ring (bicyclic) bond motifs is 2. The van der Waals surface area contributed by atoms with E-state index in [1.165, 1.54) is 6.20 Å². The molecule has 0 unspecified atom stereocenters. The maximum atomic E-state index is 13.6. The number of nitrogens with zero attached hydrogens (tertiary/aromatic N) is 3. The lowest BCUT2D eigenvalue weighted by atomic mass is 9.94. The van der Waals surface area contributed by atoms with Gasteiger partial charge in [-0.15, -0.1) is 0 Å². The van der Waals surface area contributed by atoms with Gasteiger partial charge in [0.2, 0.25) is 0 Å². The summed E-state index contributed by atoms with van der Waals surface area (Å²) in [6.45, 7) is 0. The van der Waals surface area contributed by atoms with Crippen molar-refractivity contribution in [1.29, 1.82) is 0 Å². The van der Waals surface area contributed by atoms with Crippen molar-refractivity contribution in [2.24, 2.45) is 0 Å². The van der Waals surface area contributed by atoms with Crippen LogP contribution >= 0.6 is 0 Å². The maximum Gasteiger partial charge on any atom is 0.433 e. The molecule has 2 aromatic heterocycles. The third kappa shape index (κ3) is 2.29. The Balaban J connectivity index is 2.05. The summed E-state index contributed by atoms with van der Waals surface area (Å²) in [5, 5.41) is 4.00. The lowest BCUT2D eigenvalue weighted by Crippen LogP contribution is -2.21. The quantitative estimate of drug-likeness (QED) is 0.670. The van der Waals surface area contributed by atoms with Gasteiger partial charge in [-0.2, -0.15) is 18.3 Å². The van der Waals surface area contributed by atoms with Gasteiger partial charge in [-0.05, 0) is 31.2 Å². The molecule has 0 radical (unpaired) electrons. The minimum atomic E-state index is -4.44. The van der Waals surface area contributed by atoms with E-state index in [4.69, 9.17) is 0 Å². The third-order valence-electron chi connectivity index (χ3n) is 4.27. The fraction of sp³-hybridized carbons (Fsp3) is 0.294. The van der Waals surface area contributed by atoms with Crippen molar-refractivity contribution in [3.05, 3.63) is 53.5 Å². The van der Waals surface area contributed by atoms with Crippen LogP contribution in [0.5, 0.6) is 0 Å². The van der Waals surface area contributed by atoms with Crippen molar-refractivity contribution in [2.75, 3.05) is 0 Å². The van der Waals surface area contributed by atoms with E-state index >= 15 is 0 Å². The van der Waals surface area contributed by atoms with Crippen LogP contribution in [0.25, 0.3) is 16.8 Å². The lowest BCUT2D eigenvalue weighted by molar-refractivity contribution is -0.143. The zero-order chi connectivity index (χ0) is 16.0.